The van der Waals surface area contributed by atoms with Gasteiger partial charge in [-0.3, -0.25) is 0 Å². The molecule has 0 aliphatic carbocycles. The van der Waals surface area contributed by atoms with Crippen LogP contribution in [0.5, 0.6) is 0 Å². The zero-order chi connectivity index (χ0) is 10.1. The van der Waals surface area contributed by atoms with Gasteiger partial charge in [-0.2, -0.15) is 13.6 Å². The van der Waals surface area contributed by atoms with Crippen LogP contribution in [0.25, 0.3) is 0 Å². The van der Waals surface area contributed by atoms with Crippen molar-refractivity contribution in [3.8, 4) is 0 Å². The number of hydrogen-bond donors (Lipinski definition) is 0. The van der Waals surface area contributed by atoms with E-state index in [9.17, 15) is 0 Å². The molecule has 1 aliphatic heterocycles. The summed E-state index contributed by atoms with van der Waals surface area (Å²) in [6, 6.07) is 0. The minimum atomic E-state index is -2.19. The van der Waals surface area contributed by atoms with Crippen molar-refractivity contribution in [2.45, 2.75) is 19.4 Å². The maximum Gasteiger partial charge on any atom is 0.442 e. The summed E-state index contributed by atoms with van der Waals surface area (Å²) in [6.45, 7) is 4.05. The lowest BCUT2D eigenvalue weighted by Crippen LogP contribution is -2.20. The molecule has 0 saturated heterocycles. The summed E-state index contributed by atoms with van der Waals surface area (Å²) in [5, 5.41) is 0. The van der Waals surface area contributed by atoms with E-state index in [1.807, 2.05) is 25.9 Å². The van der Waals surface area contributed by atoms with Crippen LogP contribution in [0.2, 0.25) is 0 Å². The highest BCUT2D eigenvalue weighted by atomic mass is 32.2. The molecule has 0 radical (unpaired) electrons. The van der Waals surface area contributed by atoms with Crippen LogP contribution in [0.15, 0.2) is 10.7 Å². The zero-order valence-electron chi connectivity index (χ0n) is 8.66. The molecule has 0 bridgehead atoms. The van der Waals surface area contributed by atoms with Gasteiger partial charge in [-0.25, -0.2) is 0 Å². The molecule has 76 valence electrons. The van der Waals surface area contributed by atoms with E-state index in [4.69, 9.17) is 13.6 Å². The van der Waals surface area contributed by atoms with E-state index in [1.165, 1.54) is 4.91 Å². The van der Waals surface area contributed by atoms with Crippen molar-refractivity contribution >= 4 is 19.7 Å². The second kappa shape index (κ2) is 3.87. The second-order valence-corrected chi connectivity index (χ2v) is 6.30. The molecule has 0 aromatic carbocycles. The van der Waals surface area contributed by atoms with Crippen LogP contribution in [-0.2, 0) is 13.6 Å². The smallest absolute Gasteiger partial charge is 0.178 e. The fourth-order valence-corrected chi connectivity index (χ4v) is 4.54. The zero-order valence-corrected chi connectivity index (χ0v) is 10.4. The molecule has 5 heteroatoms. The lowest BCUT2D eigenvalue weighted by Gasteiger charge is -2.19. The Morgan fingerprint density at radius 2 is 1.92 bits per heavy atom. The SMILES string of the molecule is CO[P+]1(OC)C=C(SC)C(C)(C)O1. The number of thioether (sulfide) groups is 1. The van der Waals surface area contributed by atoms with Crippen LogP contribution in [0, 0.1) is 0 Å². The fraction of sp³-hybridized carbons (Fsp3) is 0.750. The molecule has 0 aromatic heterocycles. The van der Waals surface area contributed by atoms with Gasteiger partial charge in [0.1, 0.15) is 5.60 Å². The van der Waals surface area contributed by atoms with E-state index in [1.54, 1.807) is 26.0 Å². The second-order valence-electron chi connectivity index (χ2n) is 3.20. The maximum atomic E-state index is 5.79. The van der Waals surface area contributed by atoms with Crippen LogP contribution in [0.1, 0.15) is 13.8 Å². The molecule has 0 atom stereocenters. The quantitative estimate of drug-likeness (QED) is 0.687. The topological polar surface area (TPSA) is 27.7 Å². The summed E-state index contributed by atoms with van der Waals surface area (Å²) in [6.07, 6.45) is 2.03. The molecule has 0 aromatic rings. The first-order valence-electron chi connectivity index (χ1n) is 3.98. The highest BCUT2D eigenvalue weighted by Gasteiger charge is 2.55. The van der Waals surface area contributed by atoms with Gasteiger partial charge >= 0.3 is 7.94 Å². The Bertz CT molecular complexity index is 223. The van der Waals surface area contributed by atoms with E-state index in [2.05, 4.69) is 0 Å². The fourth-order valence-electron chi connectivity index (χ4n) is 1.24. The van der Waals surface area contributed by atoms with Crippen molar-refractivity contribution < 1.29 is 13.6 Å². The van der Waals surface area contributed by atoms with Crippen LogP contribution in [-0.4, -0.2) is 26.1 Å². The Morgan fingerprint density at radius 1 is 1.38 bits per heavy atom. The van der Waals surface area contributed by atoms with Crippen molar-refractivity contribution in [2.75, 3.05) is 20.5 Å². The summed E-state index contributed by atoms with van der Waals surface area (Å²) in [5.74, 6) is 1.98. The van der Waals surface area contributed by atoms with Crippen LogP contribution < -0.4 is 0 Å². The van der Waals surface area contributed by atoms with Gasteiger partial charge in [-0.05, 0) is 20.1 Å². The average Bonchev–Trinajstić information content (AvgIpc) is 2.37. The minimum absolute atomic E-state index is 0.279. The van der Waals surface area contributed by atoms with E-state index in [0.717, 1.165) is 0 Å². The maximum absolute atomic E-state index is 5.79. The van der Waals surface area contributed by atoms with Gasteiger partial charge in [0.15, 0.2) is 5.82 Å². The first-order chi connectivity index (χ1) is 5.99. The van der Waals surface area contributed by atoms with Gasteiger partial charge in [0.2, 0.25) is 0 Å². The predicted molar refractivity (Wildman–Crippen MR) is 57.7 cm³/mol. The van der Waals surface area contributed by atoms with Crippen LogP contribution in [0.4, 0.5) is 0 Å². The highest BCUT2D eigenvalue weighted by Crippen LogP contribution is 2.71. The molecule has 0 fully saturated rings. The molecule has 0 amide bonds. The Kier molecular flexibility index (Phi) is 3.42. The molecule has 1 rings (SSSR count). The Labute approximate surface area is 84.4 Å². The van der Waals surface area contributed by atoms with Gasteiger partial charge in [0.05, 0.1) is 19.1 Å². The third-order valence-corrected chi connectivity index (χ3v) is 5.48. The van der Waals surface area contributed by atoms with Gasteiger partial charge in [0.25, 0.3) is 0 Å². The first kappa shape index (κ1) is 11.5. The molecular formula is C8H16O3PS+. The largest absolute Gasteiger partial charge is 0.442 e. The van der Waals surface area contributed by atoms with Gasteiger partial charge in [-0.1, -0.05) is 0 Å². The van der Waals surface area contributed by atoms with E-state index >= 15 is 0 Å². The number of rotatable bonds is 3. The van der Waals surface area contributed by atoms with Gasteiger partial charge in [-0.15, -0.1) is 11.8 Å². The van der Waals surface area contributed by atoms with Crippen molar-refractivity contribution in [1.82, 2.24) is 0 Å². The summed E-state index contributed by atoms with van der Waals surface area (Å²) in [5.41, 5.74) is -0.279. The monoisotopic (exact) mass is 223 g/mol. The first-order valence-corrected chi connectivity index (χ1v) is 6.81. The van der Waals surface area contributed by atoms with Crippen molar-refractivity contribution in [3.63, 3.8) is 0 Å². The third kappa shape index (κ3) is 2.08. The van der Waals surface area contributed by atoms with E-state index in [-0.39, 0.29) is 5.60 Å². The van der Waals surface area contributed by atoms with Crippen molar-refractivity contribution in [3.05, 3.63) is 10.7 Å². The van der Waals surface area contributed by atoms with Crippen molar-refractivity contribution in [1.29, 1.82) is 0 Å². The molecule has 0 spiro atoms. The minimum Gasteiger partial charge on any atom is -0.178 e. The summed E-state index contributed by atoms with van der Waals surface area (Å²) in [7, 11) is 1.05. The normalized spacial score (nSPS) is 24.5. The molecule has 3 nitrogen and oxygen atoms in total. The van der Waals surface area contributed by atoms with Crippen LogP contribution >= 0.6 is 19.7 Å². The summed E-state index contributed by atoms with van der Waals surface area (Å²) >= 11 is 1.68. The summed E-state index contributed by atoms with van der Waals surface area (Å²) < 4.78 is 16.4. The van der Waals surface area contributed by atoms with Crippen LogP contribution in [0.3, 0.4) is 0 Å². The Balaban J connectivity index is 2.93. The molecule has 1 heterocycles. The molecule has 13 heavy (non-hydrogen) atoms. The molecular weight excluding hydrogens is 207 g/mol. The third-order valence-electron chi connectivity index (χ3n) is 1.95. The van der Waals surface area contributed by atoms with Gasteiger partial charge < -0.3 is 0 Å². The molecule has 0 N–H and O–H groups in total. The predicted octanol–water partition coefficient (Wildman–Crippen LogP) is 3.06. The summed E-state index contributed by atoms with van der Waals surface area (Å²) in [4.78, 5) is 1.17. The molecule has 0 saturated carbocycles. The highest BCUT2D eigenvalue weighted by molar-refractivity contribution is 8.02. The lowest BCUT2D eigenvalue weighted by atomic mass is 10.1. The van der Waals surface area contributed by atoms with E-state index < -0.39 is 7.94 Å². The number of hydrogen-bond acceptors (Lipinski definition) is 4. The van der Waals surface area contributed by atoms with Crippen molar-refractivity contribution in [2.24, 2.45) is 0 Å². The van der Waals surface area contributed by atoms with Gasteiger partial charge in [0, 0.05) is 0 Å². The Morgan fingerprint density at radius 3 is 2.15 bits per heavy atom. The lowest BCUT2D eigenvalue weighted by molar-refractivity contribution is 0.113. The average molecular weight is 223 g/mol. The Hall–Kier alpha value is 0.400. The molecule has 1 aliphatic rings. The van der Waals surface area contributed by atoms with E-state index in [0.29, 0.717) is 0 Å². The molecule has 0 unspecified atom stereocenters. The standard InChI is InChI=1S/C8H16O3PS/c1-8(2)7(13-5)6-12(9-3,10-4)11-8/h6H,1-5H3/q+1.